The van der Waals surface area contributed by atoms with Crippen LogP contribution in [0.2, 0.25) is 0 Å². The van der Waals surface area contributed by atoms with Crippen molar-refractivity contribution in [2.24, 2.45) is 29.6 Å². The summed E-state index contributed by atoms with van der Waals surface area (Å²) in [5.41, 5.74) is 1.06. The normalized spacial score (nSPS) is 35.9. The number of carbonyl (C=O) groups excluding carboxylic acids is 2. The molecule has 0 radical (unpaired) electrons. The zero-order valence-electron chi connectivity index (χ0n) is 16.7. The molecule has 0 heterocycles. The van der Waals surface area contributed by atoms with Crippen LogP contribution in [0.4, 0.5) is 0 Å². The highest BCUT2D eigenvalue weighted by Crippen LogP contribution is 2.37. The molecule has 1 fully saturated rings. The third kappa shape index (κ3) is 5.08. The molecule has 2 rings (SSSR count). The molecule has 0 spiro atoms. The van der Waals surface area contributed by atoms with Crippen LogP contribution in [0.3, 0.4) is 0 Å². The lowest BCUT2D eigenvalue weighted by molar-refractivity contribution is -0.162. The van der Waals surface area contributed by atoms with Crippen LogP contribution in [0, 0.1) is 29.6 Å². The van der Waals surface area contributed by atoms with Gasteiger partial charge in [0.25, 0.3) is 0 Å². The van der Waals surface area contributed by atoms with E-state index >= 15 is 0 Å². The fourth-order valence-electron chi connectivity index (χ4n) is 4.63. The second-order valence-electron chi connectivity index (χ2n) is 8.71. The maximum absolute atomic E-state index is 13.0. The largest absolute Gasteiger partial charge is 0.462 e. The molecule has 0 aliphatic heterocycles. The molecule has 0 aromatic rings. The van der Waals surface area contributed by atoms with Gasteiger partial charge < -0.3 is 10.1 Å². The van der Waals surface area contributed by atoms with Gasteiger partial charge in [0.15, 0.2) is 0 Å². The first-order valence-corrected chi connectivity index (χ1v) is 9.84. The summed E-state index contributed by atoms with van der Waals surface area (Å²) in [5, 5.41) is 2.95. The van der Waals surface area contributed by atoms with Gasteiger partial charge in [-0.1, -0.05) is 45.8 Å². The van der Waals surface area contributed by atoms with E-state index in [0.29, 0.717) is 23.7 Å². The molecule has 0 aromatic heterocycles. The molecule has 0 unspecified atom stereocenters. The quantitative estimate of drug-likeness (QED) is 0.614. The summed E-state index contributed by atoms with van der Waals surface area (Å²) in [4.78, 5) is 24.6. The van der Waals surface area contributed by atoms with E-state index < -0.39 is 0 Å². The number of rotatable bonds is 4. The maximum Gasteiger partial charge on any atom is 0.311 e. The van der Waals surface area contributed by atoms with Crippen LogP contribution < -0.4 is 5.32 Å². The first kappa shape index (κ1) is 20.0. The Hall–Kier alpha value is -1.32. The Balaban J connectivity index is 2.13. The van der Waals surface area contributed by atoms with E-state index in [1.165, 1.54) is 13.3 Å². The topological polar surface area (TPSA) is 55.4 Å². The smallest absolute Gasteiger partial charge is 0.311 e. The van der Waals surface area contributed by atoms with Crippen molar-refractivity contribution in [1.82, 2.24) is 5.32 Å². The summed E-state index contributed by atoms with van der Waals surface area (Å²) in [6.07, 6.45) is 6.20. The van der Waals surface area contributed by atoms with Crippen molar-refractivity contribution in [2.75, 3.05) is 0 Å². The summed E-state index contributed by atoms with van der Waals surface area (Å²) in [6, 6.07) is -0.236. The van der Waals surface area contributed by atoms with Gasteiger partial charge >= 0.3 is 5.97 Å². The minimum Gasteiger partial charge on any atom is -0.462 e. The van der Waals surface area contributed by atoms with Gasteiger partial charge in [0.2, 0.25) is 5.91 Å². The van der Waals surface area contributed by atoms with E-state index in [2.05, 4.69) is 39.1 Å². The Kier molecular flexibility index (Phi) is 6.70. The van der Waals surface area contributed by atoms with Crippen molar-refractivity contribution in [3.8, 4) is 0 Å². The summed E-state index contributed by atoms with van der Waals surface area (Å²) in [6.45, 7) is 12.3. The van der Waals surface area contributed by atoms with Gasteiger partial charge in [-0.15, -0.1) is 0 Å². The van der Waals surface area contributed by atoms with Gasteiger partial charge in [0.05, 0.1) is 12.0 Å². The standard InChI is InChI=1S/C21H35NO3/c1-12(2)17-8-7-13(3)11-19(17)25-21(24)18-10-14(4)9-15(5)20(18)22-16(6)23/h9,12-14,17-20H,7-8,10-11H2,1-6H3,(H,22,23)/t13-,14+,17+,18+,19-,20-/m1/s1. The highest BCUT2D eigenvalue weighted by molar-refractivity contribution is 5.78. The van der Waals surface area contributed by atoms with Crippen LogP contribution in [0.5, 0.6) is 0 Å². The molecule has 1 saturated carbocycles. The molecule has 1 N–H and O–H groups in total. The van der Waals surface area contributed by atoms with Crippen molar-refractivity contribution >= 4 is 11.9 Å². The van der Waals surface area contributed by atoms with Crippen LogP contribution in [0.1, 0.15) is 67.2 Å². The molecule has 6 atom stereocenters. The Bertz CT molecular complexity index is 525. The summed E-state index contributed by atoms with van der Waals surface area (Å²) in [7, 11) is 0. The predicted molar refractivity (Wildman–Crippen MR) is 99.9 cm³/mol. The number of carbonyl (C=O) groups is 2. The van der Waals surface area contributed by atoms with Crippen LogP contribution >= 0.6 is 0 Å². The Labute approximate surface area is 152 Å². The lowest BCUT2D eigenvalue weighted by atomic mass is 9.75. The average Bonchev–Trinajstić information content (AvgIpc) is 2.49. The monoisotopic (exact) mass is 349 g/mol. The van der Waals surface area contributed by atoms with Crippen molar-refractivity contribution in [3.63, 3.8) is 0 Å². The van der Waals surface area contributed by atoms with Crippen LogP contribution in [0.15, 0.2) is 11.6 Å². The Morgan fingerprint density at radius 2 is 1.88 bits per heavy atom. The number of amides is 1. The van der Waals surface area contributed by atoms with Gasteiger partial charge in [-0.25, -0.2) is 0 Å². The summed E-state index contributed by atoms with van der Waals surface area (Å²) in [5.74, 6) is 1.37. The third-order valence-electron chi connectivity index (χ3n) is 5.96. The highest BCUT2D eigenvalue weighted by atomic mass is 16.5. The third-order valence-corrected chi connectivity index (χ3v) is 5.96. The lowest BCUT2D eigenvalue weighted by Gasteiger charge is -2.39. The first-order valence-electron chi connectivity index (χ1n) is 9.84. The van der Waals surface area contributed by atoms with Crippen molar-refractivity contribution in [1.29, 1.82) is 0 Å². The molecule has 0 saturated heterocycles. The predicted octanol–water partition coefficient (Wildman–Crippen LogP) is 4.10. The van der Waals surface area contributed by atoms with Crippen LogP contribution in [-0.4, -0.2) is 24.0 Å². The van der Waals surface area contributed by atoms with E-state index in [-0.39, 0.29) is 29.9 Å². The highest BCUT2D eigenvalue weighted by Gasteiger charge is 2.39. The molecule has 0 bridgehead atoms. The van der Waals surface area contributed by atoms with Gasteiger partial charge in [0.1, 0.15) is 6.10 Å². The second-order valence-corrected chi connectivity index (χ2v) is 8.71. The van der Waals surface area contributed by atoms with E-state index in [1.807, 2.05) is 6.92 Å². The van der Waals surface area contributed by atoms with Gasteiger partial charge in [0, 0.05) is 6.92 Å². The molecule has 1 amide bonds. The molecule has 2 aliphatic rings. The molecular formula is C21H35NO3. The second kappa shape index (κ2) is 8.37. The lowest BCUT2D eigenvalue weighted by Crippen LogP contribution is -2.48. The number of ether oxygens (including phenoxy) is 1. The van der Waals surface area contributed by atoms with Gasteiger partial charge in [-0.05, 0) is 49.9 Å². The molecule has 0 aromatic carbocycles. The molecule has 4 nitrogen and oxygen atoms in total. The summed E-state index contributed by atoms with van der Waals surface area (Å²) >= 11 is 0. The number of esters is 1. The SMILES string of the molecule is CC(=O)N[C@@H]1C(C)=C[C@H](C)C[C@@H]1C(=O)O[C@@H]1C[C@H](C)CC[C@H]1C(C)C. The molecule has 2 aliphatic carbocycles. The summed E-state index contributed by atoms with van der Waals surface area (Å²) < 4.78 is 6.07. The molecular weight excluding hydrogens is 314 g/mol. The van der Waals surface area contributed by atoms with Gasteiger partial charge in [-0.3, -0.25) is 9.59 Å². The fraction of sp³-hybridized carbons (Fsp3) is 0.810. The number of hydrogen-bond donors (Lipinski definition) is 1. The first-order chi connectivity index (χ1) is 11.7. The minimum absolute atomic E-state index is 0.00995. The number of nitrogens with one attached hydrogen (secondary N) is 1. The average molecular weight is 350 g/mol. The molecule has 142 valence electrons. The van der Waals surface area contributed by atoms with E-state index in [4.69, 9.17) is 4.74 Å². The minimum atomic E-state index is -0.283. The van der Waals surface area contributed by atoms with Gasteiger partial charge in [-0.2, -0.15) is 0 Å². The fourth-order valence-corrected chi connectivity index (χ4v) is 4.63. The van der Waals surface area contributed by atoms with E-state index in [9.17, 15) is 9.59 Å². The number of allylic oxidation sites excluding steroid dienone is 1. The Morgan fingerprint density at radius 1 is 1.20 bits per heavy atom. The maximum atomic E-state index is 13.0. The molecule has 4 heteroatoms. The van der Waals surface area contributed by atoms with Crippen LogP contribution in [0.25, 0.3) is 0 Å². The molecule has 25 heavy (non-hydrogen) atoms. The number of hydrogen-bond acceptors (Lipinski definition) is 3. The van der Waals surface area contributed by atoms with E-state index in [0.717, 1.165) is 24.8 Å². The zero-order chi connectivity index (χ0) is 18.7. The Morgan fingerprint density at radius 3 is 2.48 bits per heavy atom. The van der Waals surface area contributed by atoms with Crippen molar-refractivity contribution in [2.45, 2.75) is 79.4 Å². The van der Waals surface area contributed by atoms with E-state index in [1.54, 1.807) is 0 Å². The van der Waals surface area contributed by atoms with Crippen LogP contribution in [-0.2, 0) is 14.3 Å². The van der Waals surface area contributed by atoms with Crippen molar-refractivity contribution < 1.29 is 14.3 Å². The van der Waals surface area contributed by atoms with Crippen molar-refractivity contribution in [3.05, 3.63) is 11.6 Å². The zero-order valence-corrected chi connectivity index (χ0v) is 16.7.